The van der Waals surface area contributed by atoms with Crippen molar-refractivity contribution in [3.8, 4) is 11.6 Å². The van der Waals surface area contributed by atoms with Crippen LogP contribution in [0.25, 0.3) is 0 Å². The Morgan fingerprint density at radius 3 is 2.39 bits per heavy atom. The van der Waals surface area contributed by atoms with E-state index in [9.17, 15) is 0 Å². The molecular weight excluding hydrogens is 295 g/mol. The van der Waals surface area contributed by atoms with E-state index in [0.717, 1.165) is 5.56 Å². The van der Waals surface area contributed by atoms with Crippen molar-refractivity contribution in [3.63, 3.8) is 0 Å². The van der Waals surface area contributed by atoms with Gasteiger partial charge in [-0.05, 0) is 19.1 Å². The van der Waals surface area contributed by atoms with Crippen LogP contribution >= 0.6 is 34.8 Å². The number of pyridine rings is 1. The van der Waals surface area contributed by atoms with E-state index in [1.165, 1.54) is 12.3 Å². The van der Waals surface area contributed by atoms with Crippen LogP contribution in [0.4, 0.5) is 5.69 Å². The first kappa shape index (κ1) is 13.3. The summed E-state index contributed by atoms with van der Waals surface area (Å²) in [6.45, 7) is 1.84. The Kier molecular flexibility index (Phi) is 3.85. The van der Waals surface area contributed by atoms with Crippen LogP contribution in [-0.2, 0) is 0 Å². The van der Waals surface area contributed by atoms with Gasteiger partial charge in [0.25, 0.3) is 0 Å². The topological polar surface area (TPSA) is 48.1 Å². The number of aromatic nitrogens is 1. The number of anilines is 1. The molecule has 0 unspecified atom stereocenters. The third-order valence-corrected chi connectivity index (χ3v) is 3.25. The number of nitrogens with two attached hydrogens (primary N) is 1. The molecule has 1 aromatic heterocycles. The molecule has 0 aliphatic rings. The lowest BCUT2D eigenvalue weighted by molar-refractivity contribution is 0.459. The maximum Gasteiger partial charge on any atom is 0.222 e. The lowest BCUT2D eigenvalue weighted by Gasteiger charge is -2.10. The van der Waals surface area contributed by atoms with Gasteiger partial charge in [0.15, 0.2) is 0 Å². The van der Waals surface area contributed by atoms with Crippen molar-refractivity contribution in [2.24, 2.45) is 0 Å². The fraction of sp³-hybridized carbons (Fsp3) is 0.0833. The minimum absolute atomic E-state index is 0.363. The van der Waals surface area contributed by atoms with Crippen molar-refractivity contribution in [2.45, 2.75) is 6.92 Å². The van der Waals surface area contributed by atoms with Gasteiger partial charge >= 0.3 is 0 Å². The van der Waals surface area contributed by atoms with Gasteiger partial charge in [0.1, 0.15) is 5.75 Å². The Hall–Kier alpha value is -1.16. The molecule has 2 N–H and O–H groups in total. The number of nitrogen functional groups attached to an aromatic ring is 1. The van der Waals surface area contributed by atoms with E-state index in [-0.39, 0.29) is 0 Å². The maximum absolute atomic E-state index is 6.01. The zero-order valence-corrected chi connectivity index (χ0v) is 11.6. The molecule has 2 aromatic rings. The molecule has 0 amide bonds. The first-order valence-electron chi connectivity index (χ1n) is 5.02. The fourth-order valence-electron chi connectivity index (χ4n) is 1.38. The highest BCUT2D eigenvalue weighted by Crippen LogP contribution is 2.36. The summed E-state index contributed by atoms with van der Waals surface area (Å²) in [7, 11) is 0. The molecule has 0 saturated heterocycles. The smallest absolute Gasteiger partial charge is 0.222 e. The van der Waals surface area contributed by atoms with Gasteiger partial charge in [-0.25, -0.2) is 4.98 Å². The summed E-state index contributed by atoms with van der Waals surface area (Å²) in [6.07, 6.45) is 1.51. The van der Waals surface area contributed by atoms with Crippen LogP contribution in [0.2, 0.25) is 15.1 Å². The molecule has 1 heterocycles. The zero-order valence-electron chi connectivity index (χ0n) is 9.38. The quantitative estimate of drug-likeness (QED) is 0.816. The van der Waals surface area contributed by atoms with Gasteiger partial charge < -0.3 is 10.5 Å². The van der Waals surface area contributed by atoms with Gasteiger partial charge in [-0.15, -0.1) is 0 Å². The van der Waals surface area contributed by atoms with Gasteiger partial charge in [-0.2, -0.15) is 0 Å². The molecule has 0 saturated carbocycles. The minimum atomic E-state index is 0.363. The standard InChI is InChI=1S/C12H9Cl3N2O/c1-6-2-7(16)5-17-12(6)18-11-4-9(14)8(13)3-10(11)15/h2-5H,16H2,1H3. The normalized spacial score (nSPS) is 10.4. The molecule has 0 bridgehead atoms. The van der Waals surface area contributed by atoms with Gasteiger partial charge in [-0.1, -0.05) is 34.8 Å². The van der Waals surface area contributed by atoms with Crippen molar-refractivity contribution in [2.75, 3.05) is 5.73 Å². The molecule has 0 atom stereocenters. The predicted octanol–water partition coefficient (Wildman–Crippen LogP) is 4.72. The summed E-state index contributed by atoms with van der Waals surface area (Å²) in [5, 5.41) is 1.10. The molecule has 2 rings (SSSR count). The van der Waals surface area contributed by atoms with E-state index in [2.05, 4.69) is 4.98 Å². The van der Waals surface area contributed by atoms with Gasteiger partial charge in [0.05, 0.1) is 27.0 Å². The third-order valence-electron chi connectivity index (χ3n) is 2.23. The Bertz CT molecular complexity index is 602. The Labute approximate surface area is 119 Å². The summed E-state index contributed by atoms with van der Waals surface area (Å²) in [4.78, 5) is 4.08. The van der Waals surface area contributed by atoms with Crippen molar-refractivity contribution < 1.29 is 4.74 Å². The first-order chi connectivity index (χ1) is 8.47. The number of ether oxygens (including phenoxy) is 1. The molecule has 0 aliphatic heterocycles. The minimum Gasteiger partial charge on any atom is -0.437 e. The SMILES string of the molecule is Cc1cc(N)cnc1Oc1cc(Cl)c(Cl)cc1Cl. The maximum atomic E-state index is 6.01. The molecule has 0 fully saturated rings. The van der Waals surface area contributed by atoms with E-state index < -0.39 is 0 Å². The molecule has 0 aliphatic carbocycles. The van der Waals surface area contributed by atoms with E-state index in [1.54, 1.807) is 12.1 Å². The average molecular weight is 304 g/mol. The third kappa shape index (κ3) is 2.80. The summed E-state index contributed by atoms with van der Waals surface area (Å²) in [5.74, 6) is 0.816. The fourth-order valence-corrected chi connectivity index (χ4v) is 1.95. The van der Waals surface area contributed by atoms with Crippen LogP contribution in [0.15, 0.2) is 24.4 Å². The van der Waals surface area contributed by atoms with Crippen LogP contribution in [0.3, 0.4) is 0 Å². The first-order valence-corrected chi connectivity index (χ1v) is 6.15. The molecule has 18 heavy (non-hydrogen) atoms. The number of hydrogen-bond acceptors (Lipinski definition) is 3. The Balaban J connectivity index is 2.37. The number of benzene rings is 1. The van der Waals surface area contributed by atoms with Crippen molar-refractivity contribution in [1.29, 1.82) is 0 Å². The van der Waals surface area contributed by atoms with E-state index >= 15 is 0 Å². The van der Waals surface area contributed by atoms with Crippen LogP contribution in [-0.4, -0.2) is 4.98 Å². The van der Waals surface area contributed by atoms with Crippen LogP contribution in [0.1, 0.15) is 5.56 Å². The van der Waals surface area contributed by atoms with Crippen LogP contribution in [0, 0.1) is 6.92 Å². The second kappa shape index (κ2) is 5.22. The number of rotatable bonds is 2. The predicted molar refractivity (Wildman–Crippen MR) is 74.9 cm³/mol. The Morgan fingerprint density at radius 1 is 1.06 bits per heavy atom. The molecule has 6 heteroatoms. The molecule has 1 aromatic carbocycles. The molecule has 94 valence electrons. The highest BCUT2D eigenvalue weighted by molar-refractivity contribution is 6.43. The van der Waals surface area contributed by atoms with Crippen LogP contribution < -0.4 is 10.5 Å². The molecule has 0 radical (unpaired) electrons. The number of halogens is 3. The lowest BCUT2D eigenvalue weighted by Crippen LogP contribution is -1.94. The summed E-state index contributed by atoms with van der Waals surface area (Å²) in [5.41, 5.74) is 6.98. The summed E-state index contributed by atoms with van der Waals surface area (Å²) < 4.78 is 5.59. The average Bonchev–Trinajstić information content (AvgIpc) is 2.29. The highest BCUT2D eigenvalue weighted by atomic mass is 35.5. The van der Waals surface area contributed by atoms with E-state index in [4.69, 9.17) is 45.3 Å². The zero-order chi connectivity index (χ0) is 13.3. The summed E-state index contributed by atoms with van der Waals surface area (Å²) in [6, 6.07) is 4.82. The summed E-state index contributed by atoms with van der Waals surface area (Å²) >= 11 is 17.8. The van der Waals surface area contributed by atoms with Crippen molar-refractivity contribution in [3.05, 3.63) is 45.0 Å². The molecular formula is C12H9Cl3N2O. The molecule has 0 spiro atoms. The van der Waals surface area contributed by atoms with Crippen molar-refractivity contribution >= 4 is 40.5 Å². The van der Waals surface area contributed by atoms with Gasteiger partial charge in [0, 0.05) is 11.6 Å². The second-order valence-corrected chi connectivity index (χ2v) is 4.91. The monoisotopic (exact) mass is 302 g/mol. The largest absolute Gasteiger partial charge is 0.437 e. The van der Waals surface area contributed by atoms with Crippen molar-refractivity contribution in [1.82, 2.24) is 4.98 Å². The number of hydrogen-bond donors (Lipinski definition) is 1. The lowest BCUT2D eigenvalue weighted by atomic mass is 10.3. The van der Waals surface area contributed by atoms with E-state index in [1.807, 2.05) is 6.92 Å². The Morgan fingerprint density at radius 2 is 1.72 bits per heavy atom. The second-order valence-electron chi connectivity index (χ2n) is 3.69. The molecule has 3 nitrogen and oxygen atoms in total. The van der Waals surface area contributed by atoms with Gasteiger partial charge in [0.2, 0.25) is 5.88 Å². The number of aryl methyl sites for hydroxylation is 1. The van der Waals surface area contributed by atoms with Gasteiger partial charge in [-0.3, -0.25) is 0 Å². The highest BCUT2D eigenvalue weighted by Gasteiger charge is 2.10. The van der Waals surface area contributed by atoms with E-state index in [0.29, 0.717) is 32.4 Å². The number of nitrogens with zero attached hydrogens (tertiary/aromatic N) is 1. The van der Waals surface area contributed by atoms with Crippen LogP contribution in [0.5, 0.6) is 11.6 Å².